The molecular formula is C10H17N. The Kier molecular flexibility index (Phi) is 2.38. The van der Waals surface area contributed by atoms with E-state index in [0.29, 0.717) is 5.92 Å². The van der Waals surface area contributed by atoms with Crippen molar-refractivity contribution in [3.8, 4) is 0 Å². The lowest BCUT2D eigenvalue weighted by molar-refractivity contribution is 0.786. The van der Waals surface area contributed by atoms with Gasteiger partial charge in [-0.3, -0.25) is 0 Å². The molecular weight excluding hydrogens is 134 g/mol. The minimum Gasteiger partial charge on any atom is -0.354 e. The van der Waals surface area contributed by atoms with Gasteiger partial charge in [0.15, 0.2) is 0 Å². The Labute approximate surface area is 69.0 Å². The maximum Gasteiger partial charge on any atom is 0.0203 e. The van der Waals surface area contributed by atoms with Crippen LogP contribution in [0.2, 0.25) is 0 Å². The quantitative estimate of drug-likeness (QED) is 0.612. The highest BCUT2D eigenvalue weighted by atomic mass is 14.9. The third kappa shape index (κ3) is 1.47. The van der Waals surface area contributed by atoms with Gasteiger partial charge in [-0.15, -0.1) is 0 Å². The van der Waals surface area contributed by atoms with Crippen LogP contribution in [0.15, 0.2) is 12.3 Å². The molecule has 0 spiro atoms. The Morgan fingerprint density at radius 3 is 2.45 bits per heavy atom. The van der Waals surface area contributed by atoms with Crippen molar-refractivity contribution in [3.05, 3.63) is 23.5 Å². The first-order valence-electron chi connectivity index (χ1n) is 4.31. The SMILES string of the molecule is CCc1c(C(C)C)ccn1C. The van der Waals surface area contributed by atoms with E-state index >= 15 is 0 Å². The van der Waals surface area contributed by atoms with E-state index in [-0.39, 0.29) is 0 Å². The third-order valence-corrected chi connectivity index (χ3v) is 2.19. The van der Waals surface area contributed by atoms with Crippen molar-refractivity contribution in [2.24, 2.45) is 7.05 Å². The molecule has 1 nitrogen and oxygen atoms in total. The van der Waals surface area contributed by atoms with Crippen molar-refractivity contribution >= 4 is 0 Å². The molecule has 0 bridgehead atoms. The second-order valence-electron chi connectivity index (χ2n) is 3.34. The first kappa shape index (κ1) is 8.38. The van der Waals surface area contributed by atoms with Crippen molar-refractivity contribution in [2.75, 3.05) is 0 Å². The summed E-state index contributed by atoms with van der Waals surface area (Å²) in [5, 5.41) is 0. The first-order valence-corrected chi connectivity index (χ1v) is 4.31. The fraction of sp³-hybridized carbons (Fsp3) is 0.600. The summed E-state index contributed by atoms with van der Waals surface area (Å²) in [5.41, 5.74) is 2.97. The van der Waals surface area contributed by atoms with Crippen LogP contribution in [-0.2, 0) is 13.5 Å². The van der Waals surface area contributed by atoms with Gasteiger partial charge in [0.1, 0.15) is 0 Å². The molecule has 0 saturated heterocycles. The number of hydrogen-bond acceptors (Lipinski definition) is 0. The smallest absolute Gasteiger partial charge is 0.0203 e. The zero-order chi connectivity index (χ0) is 8.43. The fourth-order valence-electron chi connectivity index (χ4n) is 1.56. The molecule has 1 heteroatoms. The molecule has 0 aromatic carbocycles. The zero-order valence-corrected chi connectivity index (χ0v) is 7.89. The van der Waals surface area contributed by atoms with Gasteiger partial charge >= 0.3 is 0 Å². The Morgan fingerprint density at radius 2 is 2.09 bits per heavy atom. The van der Waals surface area contributed by atoms with Crippen molar-refractivity contribution in [1.29, 1.82) is 0 Å². The summed E-state index contributed by atoms with van der Waals surface area (Å²) in [6.07, 6.45) is 3.28. The number of aromatic nitrogens is 1. The number of rotatable bonds is 2. The van der Waals surface area contributed by atoms with Gasteiger partial charge in [-0.1, -0.05) is 20.8 Å². The molecule has 0 unspecified atom stereocenters. The standard InChI is InChI=1S/C10H17N/c1-5-10-9(8(2)3)6-7-11(10)4/h6-8H,5H2,1-4H3. The van der Waals surface area contributed by atoms with Gasteiger partial charge in [0.05, 0.1) is 0 Å². The summed E-state index contributed by atoms with van der Waals surface area (Å²) in [7, 11) is 2.12. The highest BCUT2D eigenvalue weighted by molar-refractivity contribution is 5.25. The zero-order valence-electron chi connectivity index (χ0n) is 7.89. The van der Waals surface area contributed by atoms with Crippen molar-refractivity contribution in [3.63, 3.8) is 0 Å². The molecule has 1 heterocycles. The van der Waals surface area contributed by atoms with Crippen LogP contribution in [-0.4, -0.2) is 4.57 Å². The van der Waals surface area contributed by atoms with Gasteiger partial charge in [-0.25, -0.2) is 0 Å². The highest BCUT2D eigenvalue weighted by Gasteiger charge is 2.07. The average Bonchev–Trinajstić information content (AvgIpc) is 2.30. The topological polar surface area (TPSA) is 4.93 Å². The molecule has 0 aliphatic rings. The lowest BCUT2D eigenvalue weighted by Gasteiger charge is -2.07. The Bertz CT molecular complexity index is 233. The van der Waals surface area contributed by atoms with E-state index in [1.807, 2.05) is 0 Å². The van der Waals surface area contributed by atoms with Crippen LogP contribution in [0.3, 0.4) is 0 Å². The largest absolute Gasteiger partial charge is 0.354 e. The van der Waals surface area contributed by atoms with Gasteiger partial charge in [-0.2, -0.15) is 0 Å². The van der Waals surface area contributed by atoms with Gasteiger partial charge in [0.25, 0.3) is 0 Å². The van der Waals surface area contributed by atoms with Crippen molar-refractivity contribution in [1.82, 2.24) is 4.57 Å². The molecule has 0 aliphatic carbocycles. The normalized spacial score (nSPS) is 11.0. The van der Waals surface area contributed by atoms with Crippen LogP contribution in [0.5, 0.6) is 0 Å². The monoisotopic (exact) mass is 151 g/mol. The maximum atomic E-state index is 2.24. The van der Waals surface area contributed by atoms with Gasteiger partial charge in [-0.05, 0) is 24.0 Å². The summed E-state index contributed by atoms with van der Waals surface area (Å²) in [4.78, 5) is 0. The fourth-order valence-corrected chi connectivity index (χ4v) is 1.56. The molecule has 62 valence electrons. The Hall–Kier alpha value is -0.720. The number of aryl methyl sites for hydroxylation is 1. The lowest BCUT2D eigenvalue weighted by Crippen LogP contribution is -1.97. The van der Waals surface area contributed by atoms with E-state index in [0.717, 1.165) is 6.42 Å². The van der Waals surface area contributed by atoms with E-state index in [2.05, 4.69) is 44.6 Å². The molecule has 0 aliphatic heterocycles. The van der Waals surface area contributed by atoms with E-state index in [9.17, 15) is 0 Å². The lowest BCUT2D eigenvalue weighted by atomic mass is 10.0. The van der Waals surface area contributed by atoms with E-state index < -0.39 is 0 Å². The summed E-state index contributed by atoms with van der Waals surface area (Å²) < 4.78 is 2.22. The summed E-state index contributed by atoms with van der Waals surface area (Å²) in [5.74, 6) is 0.658. The van der Waals surface area contributed by atoms with E-state index in [1.54, 1.807) is 0 Å². The van der Waals surface area contributed by atoms with Crippen LogP contribution in [0, 0.1) is 0 Å². The molecule has 0 fully saturated rings. The Morgan fingerprint density at radius 1 is 1.45 bits per heavy atom. The Balaban J connectivity index is 3.05. The van der Waals surface area contributed by atoms with Crippen LogP contribution in [0.4, 0.5) is 0 Å². The molecule has 11 heavy (non-hydrogen) atoms. The van der Waals surface area contributed by atoms with Crippen LogP contribution in [0.1, 0.15) is 37.9 Å². The molecule has 0 saturated carbocycles. The minimum absolute atomic E-state index is 0.658. The average molecular weight is 151 g/mol. The molecule has 1 rings (SSSR count). The van der Waals surface area contributed by atoms with E-state index in [1.165, 1.54) is 11.3 Å². The molecule has 0 atom stereocenters. The van der Waals surface area contributed by atoms with Crippen LogP contribution >= 0.6 is 0 Å². The van der Waals surface area contributed by atoms with Crippen LogP contribution in [0.25, 0.3) is 0 Å². The summed E-state index contributed by atoms with van der Waals surface area (Å²) in [6.45, 7) is 6.70. The summed E-state index contributed by atoms with van der Waals surface area (Å²) in [6, 6.07) is 2.23. The molecule has 1 aromatic rings. The van der Waals surface area contributed by atoms with Gasteiger partial charge in [0, 0.05) is 18.9 Å². The second kappa shape index (κ2) is 3.12. The predicted molar refractivity (Wildman–Crippen MR) is 48.9 cm³/mol. The van der Waals surface area contributed by atoms with Gasteiger partial charge in [0.2, 0.25) is 0 Å². The maximum absolute atomic E-state index is 2.24. The molecule has 0 radical (unpaired) electrons. The number of nitrogens with zero attached hydrogens (tertiary/aromatic N) is 1. The molecule has 0 amide bonds. The third-order valence-electron chi connectivity index (χ3n) is 2.19. The van der Waals surface area contributed by atoms with E-state index in [4.69, 9.17) is 0 Å². The second-order valence-corrected chi connectivity index (χ2v) is 3.34. The first-order chi connectivity index (χ1) is 5.16. The number of hydrogen-bond donors (Lipinski definition) is 0. The van der Waals surface area contributed by atoms with Gasteiger partial charge < -0.3 is 4.57 Å². The van der Waals surface area contributed by atoms with Crippen molar-refractivity contribution in [2.45, 2.75) is 33.1 Å². The summed E-state index contributed by atoms with van der Waals surface area (Å²) >= 11 is 0. The minimum atomic E-state index is 0.658. The van der Waals surface area contributed by atoms with Crippen LogP contribution < -0.4 is 0 Å². The predicted octanol–water partition coefficient (Wildman–Crippen LogP) is 2.71. The highest BCUT2D eigenvalue weighted by Crippen LogP contribution is 2.20. The van der Waals surface area contributed by atoms with Crippen molar-refractivity contribution < 1.29 is 0 Å². The molecule has 1 aromatic heterocycles. The molecule has 0 N–H and O–H groups in total.